The first kappa shape index (κ1) is 4.59. The molecule has 0 aromatic heterocycles. The number of nitrogens with one attached hydrogen (secondary N) is 1. The molecule has 1 aliphatic heterocycles. The Labute approximate surface area is 41.3 Å². The highest BCUT2D eigenvalue weighted by molar-refractivity contribution is 5.77. The molecule has 1 rings (SSSR count). The van der Waals surface area contributed by atoms with Gasteiger partial charge in [0.15, 0.2) is 0 Å². The Bertz CT molecular complexity index is 102. The van der Waals surface area contributed by atoms with Crippen LogP contribution in [0, 0.1) is 0 Å². The van der Waals surface area contributed by atoms with Crippen LogP contribution in [0.25, 0.3) is 0 Å². The highest BCUT2D eigenvalue weighted by Gasteiger charge is 2.38. The van der Waals surface area contributed by atoms with Gasteiger partial charge < -0.3 is 5.11 Å². The van der Waals surface area contributed by atoms with Crippen LogP contribution in [0.4, 0.5) is 0 Å². The van der Waals surface area contributed by atoms with Crippen LogP contribution in [0.2, 0.25) is 0 Å². The first-order chi connectivity index (χ1) is 3.22. The van der Waals surface area contributed by atoms with E-state index < -0.39 is 5.97 Å². The first-order valence-corrected chi connectivity index (χ1v) is 2.20. The maximum atomic E-state index is 9.91. The average Bonchev–Trinajstić information content (AvgIpc) is 2.17. The first-order valence-electron chi connectivity index (χ1n) is 2.20. The van der Waals surface area contributed by atoms with E-state index in [2.05, 4.69) is 5.32 Å². The van der Waals surface area contributed by atoms with Crippen LogP contribution >= 0.6 is 0 Å². The van der Waals surface area contributed by atoms with Crippen molar-refractivity contribution < 1.29 is 9.90 Å². The van der Waals surface area contributed by atoms with E-state index in [0.29, 0.717) is 0 Å². The number of carboxylic acid groups (broad SMARTS) is 1. The number of hydrogen-bond donors (Lipinski definition) is 2. The largest absolute Gasteiger partial charge is 0.480 e. The SMILES string of the molecule is C[C@@H]1N[C@@H]1C(=O)O. The van der Waals surface area contributed by atoms with Crippen LogP contribution < -0.4 is 5.32 Å². The van der Waals surface area contributed by atoms with Gasteiger partial charge in [0.1, 0.15) is 6.04 Å². The molecule has 0 saturated carbocycles. The summed E-state index contributed by atoms with van der Waals surface area (Å²) in [7, 11) is 0. The van der Waals surface area contributed by atoms with E-state index in [4.69, 9.17) is 5.11 Å². The van der Waals surface area contributed by atoms with Crippen molar-refractivity contribution in [1.29, 1.82) is 0 Å². The molecular weight excluding hydrogens is 94.0 g/mol. The van der Waals surface area contributed by atoms with Gasteiger partial charge in [0.2, 0.25) is 0 Å². The van der Waals surface area contributed by atoms with Crippen molar-refractivity contribution in [1.82, 2.24) is 5.32 Å². The third-order valence-corrected chi connectivity index (χ3v) is 1.10. The number of carbonyl (C=O) groups is 1. The lowest BCUT2D eigenvalue weighted by Gasteiger charge is -1.77. The Morgan fingerprint density at radius 1 is 1.86 bits per heavy atom. The molecule has 0 aliphatic carbocycles. The average molecular weight is 101 g/mol. The lowest BCUT2D eigenvalue weighted by atomic mass is 10.4. The molecule has 40 valence electrons. The van der Waals surface area contributed by atoms with Crippen molar-refractivity contribution in [3.63, 3.8) is 0 Å². The van der Waals surface area contributed by atoms with Crippen molar-refractivity contribution in [2.24, 2.45) is 0 Å². The molecule has 1 heterocycles. The van der Waals surface area contributed by atoms with Gasteiger partial charge in [-0.25, -0.2) is 0 Å². The Hall–Kier alpha value is -0.570. The van der Waals surface area contributed by atoms with Crippen molar-refractivity contribution >= 4 is 5.97 Å². The lowest BCUT2D eigenvalue weighted by molar-refractivity contribution is -0.136. The second kappa shape index (κ2) is 1.20. The minimum Gasteiger partial charge on any atom is -0.480 e. The topological polar surface area (TPSA) is 59.2 Å². The quantitative estimate of drug-likeness (QED) is 0.435. The fourth-order valence-corrected chi connectivity index (χ4v) is 0.513. The molecule has 0 radical (unpaired) electrons. The fourth-order valence-electron chi connectivity index (χ4n) is 0.513. The Balaban J connectivity index is 2.33. The van der Waals surface area contributed by atoms with Gasteiger partial charge in [-0.3, -0.25) is 10.1 Å². The summed E-state index contributed by atoms with van der Waals surface area (Å²) in [5.41, 5.74) is 0. The van der Waals surface area contributed by atoms with Gasteiger partial charge in [0, 0.05) is 6.04 Å². The van der Waals surface area contributed by atoms with Crippen LogP contribution in [0.3, 0.4) is 0 Å². The predicted octanol–water partition coefficient (Wildman–Crippen LogP) is -0.569. The second-order valence-electron chi connectivity index (χ2n) is 1.77. The van der Waals surface area contributed by atoms with Crippen molar-refractivity contribution in [2.45, 2.75) is 19.0 Å². The van der Waals surface area contributed by atoms with Gasteiger partial charge in [-0.15, -0.1) is 0 Å². The van der Waals surface area contributed by atoms with Gasteiger partial charge in [0.05, 0.1) is 0 Å². The van der Waals surface area contributed by atoms with Crippen molar-refractivity contribution in [3.8, 4) is 0 Å². The third-order valence-electron chi connectivity index (χ3n) is 1.10. The normalized spacial score (nSPS) is 37.9. The summed E-state index contributed by atoms with van der Waals surface area (Å²) in [6.45, 7) is 1.85. The summed E-state index contributed by atoms with van der Waals surface area (Å²) < 4.78 is 0. The highest BCUT2D eigenvalue weighted by atomic mass is 16.4. The second-order valence-corrected chi connectivity index (χ2v) is 1.77. The van der Waals surface area contributed by atoms with Gasteiger partial charge >= 0.3 is 5.97 Å². The molecule has 0 spiro atoms. The van der Waals surface area contributed by atoms with E-state index >= 15 is 0 Å². The highest BCUT2D eigenvalue weighted by Crippen LogP contribution is 2.07. The molecule has 1 saturated heterocycles. The van der Waals surface area contributed by atoms with Crippen molar-refractivity contribution in [2.75, 3.05) is 0 Å². The zero-order chi connectivity index (χ0) is 5.44. The smallest absolute Gasteiger partial charge is 0.322 e. The Kier molecular flexibility index (Phi) is 0.785. The zero-order valence-electron chi connectivity index (χ0n) is 4.01. The summed E-state index contributed by atoms with van der Waals surface area (Å²) in [5, 5.41) is 10.9. The molecular formula is C4H7NO2. The number of rotatable bonds is 1. The fraction of sp³-hybridized carbons (Fsp3) is 0.750. The van der Waals surface area contributed by atoms with Gasteiger partial charge in [-0.05, 0) is 6.92 Å². The maximum absolute atomic E-state index is 9.91. The number of carboxylic acids is 1. The molecule has 0 bridgehead atoms. The van der Waals surface area contributed by atoms with E-state index in [1.165, 1.54) is 0 Å². The van der Waals surface area contributed by atoms with Crippen LogP contribution in [-0.2, 0) is 4.79 Å². The maximum Gasteiger partial charge on any atom is 0.322 e. The Morgan fingerprint density at radius 3 is 2.29 bits per heavy atom. The zero-order valence-corrected chi connectivity index (χ0v) is 4.01. The van der Waals surface area contributed by atoms with E-state index in [0.717, 1.165) is 0 Å². The molecule has 2 N–H and O–H groups in total. The number of hydrogen-bond acceptors (Lipinski definition) is 2. The summed E-state index contributed by atoms with van der Waals surface area (Å²) in [6, 6.07) is -0.0718. The minimum absolute atomic E-state index is 0.192. The molecule has 0 aromatic rings. The molecule has 1 aliphatic rings. The van der Waals surface area contributed by atoms with Gasteiger partial charge in [-0.1, -0.05) is 0 Å². The molecule has 3 nitrogen and oxygen atoms in total. The van der Waals surface area contributed by atoms with E-state index in [9.17, 15) is 4.79 Å². The van der Waals surface area contributed by atoms with Crippen molar-refractivity contribution in [3.05, 3.63) is 0 Å². The predicted molar refractivity (Wildman–Crippen MR) is 24.0 cm³/mol. The van der Waals surface area contributed by atoms with Gasteiger partial charge in [0.25, 0.3) is 0 Å². The molecule has 0 unspecified atom stereocenters. The summed E-state index contributed by atoms with van der Waals surface area (Å²) in [4.78, 5) is 9.91. The van der Waals surface area contributed by atoms with Crippen LogP contribution in [0.15, 0.2) is 0 Å². The lowest BCUT2D eigenvalue weighted by Crippen LogP contribution is -2.07. The van der Waals surface area contributed by atoms with Crippen LogP contribution in [0.5, 0.6) is 0 Å². The van der Waals surface area contributed by atoms with Crippen LogP contribution in [-0.4, -0.2) is 23.2 Å². The summed E-state index contributed by atoms with van der Waals surface area (Å²) >= 11 is 0. The molecule has 0 aromatic carbocycles. The molecule has 1 fully saturated rings. The molecule has 2 atom stereocenters. The molecule has 3 heteroatoms. The van der Waals surface area contributed by atoms with E-state index in [1.54, 1.807) is 0 Å². The monoisotopic (exact) mass is 101 g/mol. The third kappa shape index (κ3) is 0.718. The molecule has 0 amide bonds. The summed E-state index contributed by atoms with van der Waals surface area (Å²) in [6.07, 6.45) is 0. The molecule has 7 heavy (non-hydrogen) atoms. The van der Waals surface area contributed by atoms with E-state index in [-0.39, 0.29) is 12.1 Å². The van der Waals surface area contributed by atoms with Gasteiger partial charge in [-0.2, -0.15) is 0 Å². The summed E-state index contributed by atoms with van der Waals surface area (Å²) in [5.74, 6) is -0.743. The standard InChI is InChI=1S/C4H7NO2/c1-2-3(5-2)4(6)7/h2-3,5H,1H3,(H,6,7)/t2-,3-/m0/s1. The Morgan fingerprint density at radius 2 is 2.29 bits per heavy atom. The van der Waals surface area contributed by atoms with E-state index in [1.807, 2.05) is 6.92 Å². The number of aliphatic carboxylic acids is 1. The van der Waals surface area contributed by atoms with Crippen LogP contribution in [0.1, 0.15) is 6.92 Å². The minimum atomic E-state index is -0.743.